The zero-order chi connectivity index (χ0) is 12.5. The number of nitrogens with two attached hydrogens (primary N) is 1. The Labute approximate surface area is 105 Å². The first-order valence-corrected chi connectivity index (χ1v) is 6.59. The summed E-state index contributed by atoms with van der Waals surface area (Å²) in [6, 6.07) is 8.16. The van der Waals surface area contributed by atoms with Crippen molar-refractivity contribution in [3.63, 3.8) is 0 Å². The molecule has 0 spiro atoms. The fraction of sp³-hybridized carbons (Fsp3) is 0.333. The maximum Gasteiger partial charge on any atom is 0.102 e. The van der Waals surface area contributed by atoms with Gasteiger partial charge in [0, 0.05) is 4.90 Å². The first-order chi connectivity index (χ1) is 8.00. The van der Waals surface area contributed by atoms with Crippen molar-refractivity contribution in [3.05, 3.63) is 36.2 Å². The van der Waals surface area contributed by atoms with Crippen LogP contribution in [0, 0.1) is 0 Å². The predicted molar refractivity (Wildman–Crippen MR) is 70.4 cm³/mol. The fourth-order valence-electron chi connectivity index (χ4n) is 1.44. The smallest absolute Gasteiger partial charge is 0.102 e. The Morgan fingerprint density at radius 1 is 1.35 bits per heavy atom. The average molecular weight is 248 g/mol. The molecular formula is C12H16N4S. The largest absolute Gasteiger partial charge is 0.320 e. The first kappa shape index (κ1) is 12.1. The van der Waals surface area contributed by atoms with Gasteiger partial charge in [-0.2, -0.15) is 0 Å². The van der Waals surface area contributed by atoms with Crippen LogP contribution in [0.15, 0.2) is 35.4 Å². The Kier molecular flexibility index (Phi) is 3.22. The Morgan fingerprint density at radius 3 is 2.71 bits per heavy atom. The van der Waals surface area contributed by atoms with Crippen molar-refractivity contribution in [1.29, 1.82) is 0 Å². The Balaban J connectivity index is 2.37. The summed E-state index contributed by atoms with van der Waals surface area (Å²) in [7, 11) is 0. The Bertz CT molecular complexity index is 513. The molecule has 2 N–H and O–H groups in total. The van der Waals surface area contributed by atoms with E-state index in [4.69, 9.17) is 5.73 Å². The number of aromatic nitrogens is 3. The number of benzene rings is 1. The highest BCUT2D eigenvalue weighted by molar-refractivity contribution is 7.98. The second kappa shape index (κ2) is 4.50. The van der Waals surface area contributed by atoms with Gasteiger partial charge in [-0.15, -0.1) is 16.9 Å². The second-order valence-corrected chi connectivity index (χ2v) is 5.35. The Hall–Kier alpha value is -1.33. The molecule has 1 heterocycles. The van der Waals surface area contributed by atoms with Gasteiger partial charge >= 0.3 is 0 Å². The highest BCUT2D eigenvalue weighted by atomic mass is 32.2. The molecule has 0 saturated carbocycles. The van der Waals surface area contributed by atoms with Crippen molar-refractivity contribution in [2.75, 3.05) is 6.26 Å². The molecule has 0 aliphatic rings. The summed E-state index contributed by atoms with van der Waals surface area (Å²) in [4.78, 5) is 1.20. The normalized spacial score (nSPS) is 11.8. The van der Waals surface area contributed by atoms with Gasteiger partial charge in [0.2, 0.25) is 0 Å². The molecule has 2 rings (SSSR count). The van der Waals surface area contributed by atoms with Crippen LogP contribution in [-0.2, 0) is 5.54 Å². The summed E-state index contributed by atoms with van der Waals surface area (Å²) in [5, 5.41) is 8.21. The van der Waals surface area contributed by atoms with E-state index in [1.54, 1.807) is 16.4 Å². The lowest BCUT2D eigenvalue weighted by Gasteiger charge is -2.13. The van der Waals surface area contributed by atoms with Crippen LogP contribution in [0.25, 0.3) is 5.69 Å². The van der Waals surface area contributed by atoms with Crippen LogP contribution < -0.4 is 5.73 Å². The highest BCUT2D eigenvalue weighted by Gasteiger charge is 2.18. The van der Waals surface area contributed by atoms with Gasteiger partial charge < -0.3 is 5.73 Å². The lowest BCUT2D eigenvalue weighted by molar-refractivity contribution is 0.533. The summed E-state index contributed by atoms with van der Waals surface area (Å²) in [6.07, 6.45) is 3.92. The standard InChI is InChI=1S/C12H16N4S/c1-12(2,13)11-8-16(15-14-11)9-5-4-6-10(7-9)17-3/h4-8H,13H2,1-3H3. The number of rotatable bonds is 3. The second-order valence-electron chi connectivity index (χ2n) is 4.47. The van der Waals surface area contributed by atoms with E-state index >= 15 is 0 Å². The van der Waals surface area contributed by atoms with E-state index in [0.717, 1.165) is 11.4 Å². The summed E-state index contributed by atoms with van der Waals surface area (Å²) in [5.74, 6) is 0. The van der Waals surface area contributed by atoms with Gasteiger partial charge in [0.05, 0.1) is 17.4 Å². The van der Waals surface area contributed by atoms with Gasteiger partial charge in [-0.3, -0.25) is 0 Å². The minimum absolute atomic E-state index is 0.463. The molecule has 0 bridgehead atoms. The molecule has 0 aliphatic heterocycles. The average Bonchev–Trinajstić information content (AvgIpc) is 2.78. The molecule has 0 radical (unpaired) electrons. The molecule has 90 valence electrons. The molecule has 0 saturated heterocycles. The summed E-state index contributed by atoms with van der Waals surface area (Å²) < 4.78 is 1.75. The van der Waals surface area contributed by atoms with Crippen LogP contribution in [0.1, 0.15) is 19.5 Å². The molecule has 0 amide bonds. The van der Waals surface area contributed by atoms with Crippen LogP contribution in [0.2, 0.25) is 0 Å². The molecule has 0 unspecified atom stereocenters. The van der Waals surface area contributed by atoms with Crippen molar-refractivity contribution >= 4 is 11.8 Å². The lowest BCUT2D eigenvalue weighted by atomic mass is 10.0. The lowest BCUT2D eigenvalue weighted by Crippen LogP contribution is -2.29. The van der Waals surface area contributed by atoms with Gasteiger partial charge in [-0.1, -0.05) is 11.3 Å². The highest BCUT2D eigenvalue weighted by Crippen LogP contribution is 2.19. The maximum atomic E-state index is 5.98. The zero-order valence-corrected chi connectivity index (χ0v) is 11.0. The monoisotopic (exact) mass is 248 g/mol. The van der Waals surface area contributed by atoms with Gasteiger partial charge in [0.1, 0.15) is 5.69 Å². The minimum atomic E-state index is -0.463. The van der Waals surface area contributed by atoms with Gasteiger partial charge in [0.25, 0.3) is 0 Å². The van der Waals surface area contributed by atoms with E-state index in [2.05, 4.69) is 28.7 Å². The van der Waals surface area contributed by atoms with Crippen molar-refractivity contribution < 1.29 is 0 Å². The van der Waals surface area contributed by atoms with E-state index in [9.17, 15) is 0 Å². The van der Waals surface area contributed by atoms with Gasteiger partial charge in [-0.25, -0.2) is 4.68 Å². The van der Waals surface area contributed by atoms with E-state index in [1.807, 2.05) is 32.2 Å². The van der Waals surface area contributed by atoms with Crippen molar-refractivity contribution in [3.8, 4) is 5.69 Å². The van der Waals surface area contributed by atoms with Crippen LogP contribution >= 0.6 is 11.8 Å². The number of hydrogen-bond donors (Lipinski definition) is 1. The van der Waals surface area contributed by atoms with Gasteiger partial charge in [-0.05, 0) is 38.3 Å². The molecule has 0 atom stereocenters. The van der Waals surface area contributed by atoms with Crippen molar-refractivity contribution in [2.45, 2.75) is 24.3 Å². The van der Waals surface area contributed by atoms with Crippen molar-refractivity contribution in [1.82, 2.24) is 15.0 Å². The number of thioether (sulfide) groups is 1. The molecule has 0 fully saturated rings. The maximum absolute atomic E-state index is 5.98. The van der Waals surface area contributed by atoms with E-state index in [1.165, 1.54) is 4.90 Å². The molecule has 5 heteroatoms. The quantitative estimate of drug-likeness (QED) is 0.846. The molecule has 4 nitrogen and oxygen atoms in total. The SMILES string of the molecule is CSc1cccc(-n2cc(C(C)(C)N)nn2)c1. The number of hydrogen-bond acceptors (Lipinski definition) is 4. The van der Waals surface area contributed by atoms with Gasteiger partial charge in [0.15, 0.2) is 0 Å². The third-order valence-corrected chi connectivity index (χ3v) is 3.20. The minimum Gasteiger partial charge on any atom is -0.320 e. The molecule has 1 aromatic carbocycles. The topological polar surface area (TPSA) is 56.7 Å². The van der Waals surface area contributed by atoms with Crippen molar-refractivity contribution in [2.24, 2.45) is 5.73 Å². The van der Waals surface area contributed by atoms with Crippen LogP contribution in [-0.4, -0.2) is 21.2 Å². The van der Waals surface area contributed by atoms with Crippen LogP contribution in [0.3, 0.4) is 0 Å². The van der Waals surface area contributed by atoms with E-state index in [-0.39, 0.29) is 0 Å². The molecular weight excluding hydrogens is 232 g/mol. The third-order valence-electron chi connectivity index (χ3n) is 2.47. The first-order valence-electron chi connectivity index (χ1n) is 5.37. The summed E-state index contributed by atoms with van der Waals surface area (Å²) >= 11 is 1.70. The Morgan fingerprint density at radius 2 is 2.12 bits per heavy atom. The van der Waals surface area contributed by atoms with Crippen LogP contribution in [0.4, 0.5) is 0 Å². The van der Waals surface area contributed by atoms with Crippen LogP contribution in [0.5, 0.6) is 0 Å². The zero-order valence-electron chi connectivity index (χ0n) is 10.2. The van der Waals surface area contributed by atoms with E-state index in [0.29, 0.717) is 0 Å². The molecule has 2 aromatic rings. The third kappa shape index (κ3) is 2.68. The van der Waals surface area contributed by atoms with E-state index < -0.39 is 5.54 Å². The molecule has 17 heavy (non-hydrogen) atoms. The molecule has 1 aromatic heterocycles. The summed E-state index contributed by atoms with van der Waals surface area (Å²) in [6.45, 7) is 3.83. The summed E-state index contributed by atoms with van der Waals surface area (Å²) in [5.41, 5.74) is 7.31. The predicted octanol–water partition coefficient (Wildman–Crippen LogP) is 2.18. The fourth-order valence-corrected chi connectivity index (χ4v) is 1.89. The number of nitrogens with zero attached hydrogens (tertiary/aromatic N) is 3. The molecule has 0 aliphatic carbocycles.